The smallest absolute Gasteiger partial charge is 0.310 e. The van der Waals surface area contributed by atoms with Crippen LogP contribution in [0.15, 0.2) is 0 Å². The molecule has 1 fully saturated rings. The molecule has 21 heavy (non-hydrogen) atoms. The van der Waals surface area contributed by atoms with Gasteiger partial charge in [-0.1, -0.05) is 33.6 Å². The maximum atomic E-state index is 12.3. The number of hydrogen-bond donors (Lipinski definition) is 3. The molecule has 3 N–H and O–H groups in total. The van der Waals surface area contributed by atoms with Gasteiger partial charge in [0, 0.05) is 6.42 Å². The Labute approximate surface area is 127 Å². The zero-order valence-corrected chi connectivity index (χ0v) is 13.6. The van der Waals surface area contributed by atoms with Gasteiger partial charge in [-0.2, -0.15) is 0 Å². The van der Waals surface area contributed by atoms with E-state index in [4.69, 9.17) is 0 Å². The Morgan fingerprint density at radius 3 is 2.48 bits per heavy atom. The number of rotatable bonds is 6. The highest BCUT2D eigenvalue weighted by Gasteiger charge is 2.41. The third kappa shape index (κ3) is 4.19. The normalized spacial score (nSPS) is 29.0. The summed E-state index contributed by atoms with van der Waals surface area (Å²) in [7, 11) is 0. The van der Waals surface area contributed by atoms with Crippen molar-refractivity contribution in [3.8, 4) is 0 Å². The Hall–Kier alpha value is -1.10. The molecule has 0 spiro atoms. The molecule has 0 heterocycles. The van der Waals surface area contributed by atoms with Gasteiger partial charge in [0.1, 0.15) is 0 Å². The van der Waals surface area contributed by atoms with E-state index in [1.54, 1.807) is 6.92 Å². The molecular weight excluding hydrogens is 270 g/mol. The van der Waals surface area contributed by atoms with Gasteiger partial charge in [-0.3, -0.25) is 9.59 Å². The Morgan fingerprint density at radius 1 is 1.43 bits per heavy atom. The van der Waals surface area contributed by atoms with Crippen molar-refractivity contribution in [1.29, 1.82) is 0 Å². The summed E-state index contributed by atoms with van der Waals surface area (Å²) >= 11 is 0. The summed E-state index contributed by atoms with van der Waals surface area (Å²) in [6.45, 7) is 7.26. The van der Waals surface area contributed by atoms with Gasteiger partial charge in [-0.15, -0.1) is 0 Å². The molecule has 1 saturated carbocycles. The van der Waals surface area contributed by atoms with Crippen LogP contribution in [0.25, 0.3) is 0 Å². The van der Waals surface area contributed by atoms with Crippen LogP contribution in [0, 0.1) is 17.3 Å². The molecule has 1 amide bonds. The highest BCUT2D eigenvalue weighted by molar-refractivity contribution is 5.85. The molecule has 0 aliphatic heterocycles. The van der Waals surface area contributed by atoms with Gasteiger partial charge in [0.15, 0.2) is 0 Å². The van der Waals surface area contributed by atoms with E-state index in [2.05, 4.69) is 12.2 Å². The molecule has 0 bridgehead atoms. The van der Waals surface area contributed by atoms with Gasteiger partial charge in [0.2, 0.25) is 5.91 Å². The van der Waals surface area contributed by atoms with Gasteiger partial charge < -0.3 is 15.5 Å². The van der Waals surface area contributed by atoms with Crippen LogP contribution in [-0.4, -0.2) is 34.2 Å². The molecule has 0 radical (unpaired) electrons. The molecule has 1 rings (SSSR count). The maximum absolute atomic E-state index is 12.3. The maximum Gasteiger partial charge on any atom is 0.310 e. The van der Waals surface area contributed by atoms with Gasteiger partial charge >= 0.3 is 5.97 Å². The highest BCUT2D eigenvalue weighted by atomic mass is 16.4. The van der Waals surface area contributed by atoms with Crippen molar-refractivity contribution in [2.75, 3.05) is 6.61 Å². The van der Waals surface area contributed by atoms with E-state index in [1.165, 1.54) is 0 Å². The number of carbonyl (C=O) groups excluding carboxylic acids is 1. The number of nitrogens with one attached hydrogen (secondary N) is 1. The van der Waals surface area contributed by atoms with Crippen molar-refractivity contribution in [3.05, 3.63) is 0 Å². The molecule has 5 heteroatoms. The predicted octanol–water partition coefficient (Wildman–Crippen LogP) is 2.18. The topological polar surface area (TPSA) is 86.6 Å². The molecule has 1 aliphatic carbocycles. The second-order valence-corrected chi connectivity index (χ2v) is 7.24. The van der Waals surface area contributed by atoms with Crippen molar-refractivity contribution in [3.63, 3.8) is 0 Å². The van der Waals surface area contributed by atoms with Crippen molar-refractivity contribution in [1.82, 2.24) is 5.32 Å². The van der Waals surface area contributed by atoms with E-state index >= 15 is 0 Å². The molecule has 3 atom stereocenters. The van der Waals surface area contributed by atoms with E-state index in [9.17, 15) is 19.8 Å². The summed E-state index contributed by atoms with van der Waals surface area (Å²) in [6, 6.07) is 0. The Morgan fingerprint density at radius 2 is 2.05 bits per heavy atom. The van der Waals surface area contributed by atoms with Crippen LogP contribution in [0.5, 0.6) is 0 Å². The van der Waals surface area contributed by atoms with E-state index in [1.807, 2.05) is 13.8 Å². The number of carboxylic acids is 1. The fourth-order valence-corrected chi connectivity index (χ4v) is 3.16. The Balaban J connectivity index is 2.77. The van der Waals surface area contributed by atoms with E-state index in [0.29, 0.717) is 5.92 Å². The molecular formula is C16H29NO4. The van der Waals surface area contributed by atoms with Crippen molar-refractivity contribution in [2.45, 2.75) is 65.3 Å². The van der Waals surface area contributed by atoms with Crippen LogP contribution in [0.2, 0.25) is 0 Å². The number of aliphatic hydroxyl groups excluding tert-OH is 1. The molecule has 0 aromatic heterocycles. The fraction of sp³-hybridized carbons (Fsp3) is 0.875. The zero-order chi connectivity index (χ0) is 16.3. The average Bonchev–Trinajstić information content (AvgIpc) is 2.37. The number of aliphatic hydroxyl groups is 1. The van der Waals surface area contributed by atoms with Crippen LogP contribution >= 0.6 is 0 Å². The van der Waals surface area contributed by atoms with E-state index < -0.39 is 16.9 Å². The minimum absolute atomic E-state index is 0.0594. The van der Waals surface area contributed by atoms with Crippen LogP contribution in [0.1, 0.15) is 59.8 Å². The Bertz CT molecular complexity index is 396. The average molecular weight is 299 g/mol. The first kappa shape index (κ1) is 18.0. The quantitative estimate of drug-likeness (QED) is 0.701. The number of hydrogen-bond acceptors (Lipinski definition) is 3. The first-order valence-electron chi connectivity index (χ1n) is 7.80. The standard InChI is InChI=1S/C16H29NO4/c1-11(2)15(4,14(20)21)9-13(19)17-16(10-18)7-5-6-12(3)8-16/h11-12,18H,5-10H2,1-4H3,(H,17,19)(H,20,21). The third-order valence-corrected chi connectivity index (χ3v) is 5.09. The number of aliphatic carboxylic acids is 1. The molecule has 0 saturated heterocycles. The zero-order valence-electron chi connectivity index (χ0n) is 13.6. The largest absolute Gasteiger partial charge is 0.481 e. The number of carbonyl (C=O) groups is 2. The summed E-state index contributed by atoms with van der Waals surface area (Å²) in [5, 5.41) is 22.0. The van der Waals surface area contributed by atoms with E-state index in [0.717, 1.165) is 25.7 Å². The van der Waals surface area contributed by atoms with Gasteiger partial charge in [0.25, 0.3) is 0 Å². The molecule has 0 aromatic carbocycles. The Kier molecular flexibility index (Phi) is 5.79. The summed E-state index contributed by atoms with van der Waals surface area (Å²) in [5.74, 6) is -0.919. The fourth-order valence-electron chi connectivity index (χ4n) is 3.16. The lowest BCUT2D eigenvalue weighted by molar-refractivity contribution is -0.154. The van der Waals surface area contributed by atoms with Gasteiger partial charge in [-0.05, 0) is 31.6 Å². The monoisotopic (exact) mass is 299 g/mol. The summed E-state index contributed by atoms with van der Waals surface area (Å²) in [5.41, 5.74) is -1.66. The summed E-state index contributed by atoms with van der Waals surface area (Å²) < 4.78 is 0. The SMILES string of the molecule is CC1CCCC(CO)(NC(=O)CC(C)(C(=O)O)C(C)C)C1. The van der Waals surface area contributed by atoms with Crippen LogP contribution < -0.4 is 5.32 Å². The number of carboxylic acid groups (broad SMARTS) is 1. The van der Waals surface area contributed by atoms with Gasteiger partial charge in [-0.25, -0.2) is 0 Å². The predicted molar refractivity (Wildman–Crippen MR) is 80.8 cm³/mol. The first-order valence-corrected chi connectivity index (χ1v) is 7.80. The van der Waals surface area contributed by atoms with Crippen molar-refractivity contribution >= 4 is 11.9 Å². The molecule has 1 aliphatic rings. The minimum Gasteiger partial charge on any atom is -0.481 e. The molecule has 5 nitrogen and oxygen atoms in total. The van der Waals surface area contributed by atoms with Crippen LogP contribution in [0.4, 0.5) is 0 Å². The highest BCUT2D eigenvalue weighted by Crippen LogP contribution is 2.34. The second kappa shape index (κ2) is 6.77. The number of amides is 1. The molecule has 122 valence electrons. The lowest BCUT2D eigenvalue weighted by Crippen LogP contribution is -2.55. The molecule has 0 aromatic rings. The summed E-state index contributed by atoms with van der Waals surface area (Å²) in [4.78, 5) is 23.8. The summed E-state index contributed by atoms with van der Waals surface area (Å²) in [6.07, 6.45) is 3.53. The van der Waals surface area contributed by atoms with Crippen molar-refractivity contribution < 1.29 is 19.8 Å². The third-order valence-electron chi connectivity index (χ3n) is 5.09. The lowest BCUT2D eigenvalue weighted by atomic mass is 9.74. The minimum atomic E-state index is -1.08. The van der Waals surface area contributed by atoms with Crippen LogP contribution in [-0.2, 0) is 9.59 Å². The second-order valence-electron chi connectivity index (χ2n) is 7.24. The van der Waals surface area contributed by atoms with Gasteiger partial charge in [0.05, 0.1) is 17.6 Å². The molecule has 3 unspecified atom stereocenters. The lowest BCUT2D eigenvalue weighted by Gasteiger charge is -2.40. The first-order chi connectivity index (χ1) is 9.65. The van der Waals surface area contributed by atoms with E-state index in [-0.39, 0.29) is 24.9 Å². The van der Waals surface area contributed by atoms with Crippen LogP contribution in [0.3, 0.4) is 0 Å². The van der Waals surface area contributed by atoms with Crippen molar-refractivity contribution in [2.24, 2.45) is 17.3 Å².